The number of ketones is 1. The Morgan fingerprint density at radius 2 is 2.00 bits per heavy atom. The first-order valence-electron chi connectivity index (χ1n) is 4.57. The van der Waals surface area contributed by atoms with Gasteiger partial charge in [0.2, 0.25) is 11.4 Å². The molecule has 0 aliphatic carbocycles. The maximum Gasteiger partial charge on any atom is 0.345 e. The SMILES string of the molecule is CC(O)C(=O)C(C)(O)C(=O)OCCCO. The Kier molecular flexibility index (Phi) is 5.41. The zero-order valence-electron chi connectivity index (χ0n) is 8.77. The van der Waals surface area contributed by atoms with Gasteiger partial charge in [-0.15, -0.1) is 0 Å². The molecule has 0 aromatic rings. The predicted molar refractivity (Wildman–Crippen MR) is 50.0 cm³/mol. The highest BCUT2D eigenvalue weighted by Gasteiger charge is 2.42. The van der Waals surface area contributed by atoms with Crippen molar-refractivity contribution in [1.82, 2.24) is 0 Å². The van der Waals surface area contributed by atoms with Crippen LogP contribution in [0.1, 0.15) is 20.3 Å². The molecule has 0 aliphatic rings. The molecule has 0 aromatic heterocycles. The van der Waals surface area contributed by atoms with E-state index < -0.39 is 23.5 Å². The lowest BCUT2D eigenvalue weighted by Crippen LogP contribution is -2.49. The second kappa shape index (κ2) is 5.79. The maximum absolute atomic E-state index is 11.2. The van der Waals surface area contributed by atoms with Crippen LogP contribution in [0.2, 0.25) is 0 Å². The predicted octanol–water partition coefficient (Wildman–Crippen LogP) is -1.39. The highest BCUT2D eigenvalue weighted by molar-refractivity contribution is 6.08. The van der Waals surface area contributed by atoms with Crippen LogP contribution in [-0.4, -0.2) is 52.0 Å². The minimum Gasteiger partial charge on any atom is -0.463 e. The third-order valence-electron chi connectivity index (χ3n) is 1.79. The minimum absolute atomic E-state index is 0.0847. The van der Waals surface area contributed by atoms with E-state index in [1.807, 2.05) is 0 Å². The molecule has 0 saturated carbocycles. The van der Waals surface area contributed by atoms with E-state index in [9.17, 15) is 14.7 Å². The summed E-state index contributed by atoms with van der Waals surface area (Å²) >= 11 is 0. The molecule has 0 fully saturated rings. The zero-order valence-corrected chi connectivity index (χ0v) is 8.77. The van der Waals surface area contributed by atoms with Gasteiger partial charge >= 0.3 is 5.97 Å². The largest absolute Gasteiger partial charge is 0.463 e. The average Bonchev–Trinajstić information content (AvgIpc) is 2.16. The normalized spacial score (nSPS) is 16.6. The molecule has 0 radical (unpaired) electrons. The quantitative estimate of drug-likeness (QED) is 0.289. The van der Waals surface area contributed by atoms with E-state index in [2.05, 4.69) is 4.74 Å². The lowest BCUT2D eigenvalue weighted by molar-refractivity contribution is -0.171. The number of rotatable bonds is 6. The van der Waals surface area contributed by atoms with E-state index in [0.717, 1.165) is 13.8 Å². The van der Waals surface area contributed by atoms with E-state index in [1.165, 1.54) is 0 Å². The van der Waals surface area contributed by atoms with E-state index >= 15 is 0 Å². The average molecular weight is 220 g/mol. The van der Waals surface area contributed by atoms with E-state index in [1.54, 1.807) is 0 Å². The van der Waals surface area contributed by atoms with Gasteiger partial charge in [-0.3, -0.25) is 4.79 Å². The summed E-state index contributed by atoms with van der Waals surface area (Å²) in [5.74, 6) is -2.14. The summed E-state index contributed by atoms with van der Waals surface area (Å²) in [6.45, 7) is 1.87. The van der Waals surface area contributed by atoms with Gasteiger partial charge < -0.3 is 20.1 Å². The van der Waals surface area contributed by atoms with E-state index in [-0.39, 0.29) is 19.6 Å². The standard InChI is InChI=1S/C9H16O6/c1-6(11)7(12)9(2,14)8(13)15-5-3-4-10/h6,10-11,14H,3-5H2,1-2H3. The molecule has 0 bridgehead atoms. The molecular weight excluding hydrogens is 204 g/mol. The fraction of sp³-hybridized carbons (Fsp3) is 0.778. The maximum atomic E-state index is 11.2. The molecule has 0 heterocycles. The summed E-state index contributed by atoms with van der Waals surface area (Å²) in [5.41, 5.74) is -2.34. The van der Waals surface area contributed by atoms with Crippen molar-refractivity contribution in [2.45, 2.75) is 32.0 Å². The summed E-state index contributed by atoms with van der Waals surface area (Å²) in [4.78, 5) is 22.4. The van der Waals surface area contributed by atoms with Gasteiger partial charge in [-0.05, 0) is 13.8 Å². The summed E-state index contributed by atoms with van der Waals surface area (Å²) in [6.07, 6.45) is -1.21. The van der Waals surface area contributed by atoms with Crippen molar-refractivity contribution in [3.63, 3.8) is 0 Å². The monoisotopic (exact) mass is 220 g/mol. The van der Waals surface area contributed by atoms with Gasteiger partial charge in [-0.25, -0.2) is 4.79 Å². The molecule has 0 rings (SSSR count). The molecule has 6 heteroatoms. The molecule has 0 aliphatic heterocycles. The van der Waals surface area contributed by atoms with Crippen molar-refractivity contribution in [1.29, 1.82) is 0 Å². The zero-order chi connectivity index (χ0) is 12.1. The van der Waals surface area contributed by atoms with Crippen LogP contribution in [0.5, 0.6) is 0 Å². The van der Waals surface area contributed by atoms with Crippen LogP contribution in [-0.2, 0) is 14.3 Å². The van der Waals surface area contributed by atoms with Gasteiger partial charge in [-0.1, -0.05) is 0 Å². The second-order valence-corrected chi connectivity index (χ2v) is 3.33. The van der Waals surface area contributed by atoms with Crippen molar-refractivity contribution >= 4 is 11.8 Å². The van der Waals surface area contributed by atoms with Gasteiger partial charge in [0.25, 0.3) is 0 Å². The van der Waals surface area contributed by atoms with Gasteiger partial charge in [0, 0.05) is 13.0 Å². The minimum atomic E-state index is -2.34. The summed E-state index contributed by atoms with van der Waals surface area (Å²) in [5, 5.41) is 26.8. The van der Waals surface area contributed by atoms with E-state index in [4.69, 9.17) is 10.2 Å². The second-order valence-electron chi connectivity index (χ2n) is 3.33. The number of hydrogen-bond donors (Lipinski definition) is 3. The van der Waals surface area contributed by atoms with Crippen LogP contribution in [0, 0.1) is 0 Å². The van der Waals surface area contributed by atoms with E-state index in [0.29, 0.717) is 0 Å². The summed E-state index contributed by atoms with van der Waals surface area (Å²) in [6, 6.07) is 0. The summed E-state index contributed by atoms with van der Waals surface area (Å²) < 4.78 is 4.54. The van der Waals surface area contributed by atoms with Crippen LogP contribution in [0.3, 0.4) is 0 Å². The Morgan fingerprint density at radius 3 is 2.40 bits per heavy atom. The third kappa shape index (κ3) is 3.94. The smallest absolute Gasteiger partial charge is 0.345 e. The lowest BCUT2D eigenvalue weighted by atomic mass is 9.98. The number of aliphatic hydroxyl groups excluding tert-OH is 2. The molecule has 2 unspecified atom stereocenters. The summed E-state index contributed by atoms with van der Waals surface area (Å²) in [7, 11) is 0. The molecule has 6 nitrogen and oxygen atoms in total. The molecule has 0 aromatic carbocycles. The first-order valence-corrected chi connectivity index (χ1v) is 4.57. The molecule has 0 saturated heterocycles. The molecule has 3 N–H and O–H groups in total. The number of hydrogen-bond acceptors (Lipinski definition) is 6. The van der Waals surface area contributed by atoms with Crippen LogP contribution in [0.15, 0.2) is 0 Å². The fourth-order valence-corrected chi connectivity index (χ4v) is 0.877. The fourth-order valence-electron chi connectivity index (χ4n) is 0.877. The Labute approximate surface area is 87.5 Å². The molecule has 0 amide bonds. The van der Waals surface area contributed by atoms with Crippen LogP contribution in [0.4, 0.5) is 0 Å². The Hall–Kier alpha value is -0.980. The number of carbonyl (C=O) groups is 2. The van der Waals surface area contributed by atoms with Crippen LogP contribution in [0.25, 0.3) is 0 Å². The van der Waals surface area contributed by atoms with Gasteiger partial charge in [0.05, 0.1) is 6.61 Å². The Bertz CT molecular complexity index is 233. The Balaban J connectivity index is 4.32. The molecule has 15 heavy (non-hydrogen) atoms. The molecule has 88 valence electrons. The van der Waals surface area contributed by atoms with Crippen molar-refractivity contribution < 1.29 is 29.6 Å². The third-order valence-corrected chi connectivity index (χ3v) is 1.79. The van der Waals surface area contributed by atoms with Crippen LogP contribution < -0.4 is 0 Å². The van der Waals surface area contributed by atoms with Gasteiger partial charge in [0.1, 0.15) is 6.10 Å². The highest BCUT2D eigenvalue weighted by Crippen LogP contribution is 2.10. The van der Waals surface area contributed by atoms with Crippen LogP contribution >= 0.6 is 0 Å². The van der Waals surface area contributed by atoms with Gasteiger partial charge in [0.15, 0.2) is 0 Å². The first kappa shape index (κ1) is 14.0. The molecular formula is C9H16O6. The molecule has 0 spiro atoms. The number of carbonyl (C=O) groups excluding carboxylic acids is 2. The number of esters is 1. The lowest BCUT2D eigenvalue weighted by Gasteiger charge is -2.20. The molecule has 2 atom stereocenters. The first-order chi connectivity index (χ1) is 6.84. The van der Waals surface area contributed by atoms with Gasteiger partial charge in [-0.2, -0.15) is 0 Å². The van der Waals surface area contributed by atoms with Crippen molar-refractivity contribution in [3.8, 4) is 0 Å². The Morgan fingerprint density at radius 1 is 1.47 bits per heavy atom. The number of Topliss-reactive ketones (excluding diaryl/α,β-unsaturated/α-hetero) is 1. The van der Waals surface area contributed by atoms with Crippen molar-refractivity contribution in [3.05, 3.63) is 0 Å². The number of aliphatic hydroxyl groups is 3. The topological polar surface area (TPSA) is 104 Å². The number of ether oxygens (including phenoxy) is 1. The van der Waals surface area contributed by atoms with Crippen molar-refractivity contribution in [2.24, 2.45) is 0 Å². The van der Waals surface area contributed by atoms with Crippen molar-refractivity contribution in [2.75, 3.05) is 13.2 Å². The highest BCUT2D eigenvalue weighted by atomic mass is 16.6.